The predicted octanol–water partition coefficient (Wildman–Crippen LogP) is 4.04. The Hall–Kier alpha value is -1.85. The first kappa shape index (κ1) is 14.7. The summed E-state index contributed by atoms with van der Waals surface area (Å²) >= 11 is 3.68. The van der Waals surface area contributed by atoms with Crippen LogP contribution in [0.3, 0.4) is 0 Å². The lowest BCUT2D eigenvalue weighted by Crippen LogP contribution is -2.50. The van der Waals surface area contributed by atoms with Crippen molar-refractivity contribution >= 4 is 22.0 Å². The average molecular weight is 374 g/mol. The second-order valence-corrected chi connectivity index (χ2v) is 6.77. The highest BCUT2D eigenvalue weighted by molar-refractivity contribution is 9.09. The summed E-state index contributed by atoms with van der Waals surface area (Å²) in [5, 5.41) is 0. The lowest BCUT2D eigenvalue weighted by molar-refractivity contribution is -0.0532. The lowest BCUT2D eigenvalue weighted by Gasteiger charge is -2.39. The van der Waals surface area contributed by atoms with Crippen molar-refractivity contribution in [3.63, 3.8) is 0 Å². The first-order chi connectivity index (χ1) is 11.3. The minimum absolute atomic E-state index is 0.106. The molecule has 23 heavy (non-hydrogen) atoms. The zero-order chi connectivity index (χ0) is 15.8. The monoisotopic (exact) mass is 373 g/mol. The number of hydrogen-bond donors (Lipinski definition) is 0. The average Bonchev–Trinajstić information content (AvgIpc) is 3.06. The molecule has 5 heteroatoms. The van der Waals surface area contributed by atoms with E-state index < -0.39 is 0 Å². The molecule has 0 aliphatic carbocycles. The Bertz CT molecular complexity index is 656. The normalized spacial score (nSPS) is 30.0. The third kappa shape index (κ3) is 2.54. The van der Waals surface area contributed by atoms with Gasteiger partial charge in [-0.05, 0) is 11.1 Å². The summed E-state index contributed by atoms with van der Waals surface area (Å²) in [4.78, 5) is 14.2. The largest absolute Gasteiger partial charge is 0.440 e. The minimum atomic E-state index is -0.348. The first-order valence-electron chi connectivity index (χ1n) is 7.60. The maximum atomic E-state index is 12.6. The number of hydrogen-bond acceptors (Lipinski definition) is 3. The summed E-state index contributed by atoms with van der Waals surface area (Å²) < 4.78 is 11.6. The molecule has 0 bridgehead atoms. The van der Waals surface area contributed by atoms with E-state index in [1.165, 1.54) is 0 Å². The van der Waals surface area contributed by atoms with Gasteiger partial charge in [-0.1, -0.05) is 76.6 Å². The number of cyclic esters (lactones) is 1. The number of ether oxygens (including phenoxy) is 2. The lowest BCUT2D eigenvalue weighted by atomic mass is 10.0. The van der Waals surface area contributed by atoms with Gasteiger partial charge in [-0.25, -0.2) is 4.79 Å². The van der Waals surface area contributed by atoms with E-state index >= 15 is 0 Å². The Kier molecular flexibility index (Phi) is 3.83. The van der Waals surface area contributed by atoms with Crippen LogP contribution in [0.25, 0.3) is 0 Å². The summed E-state index contributed by atoms with van der Waals surface area (Å²) in [6.07, 6.45) is -1.00. The Morgan fingerprint density at radius 2 is 1.57 bits per heavy atom. The van der Waals surface area contributed by atoms with E-state index in [1.807, 2.05) is 60.7 Å². The fourth-order valence-corrected chi connectivity index (χ4v) is 4.04. The minimum Gasteiger partial charge on any atom is -0.440 e. The van der Waals surface area contributed by atoms with E-state index in [0.717, 1.165) is 11.1 Å². The number of fused-ring (bicyclic) bond motifs is 1. The molecule has 118 valence electrons. The van der Waals surface area contributed by atoms with E-state index in [2.05, 4.69) is 15.9 Å². The molecule has 0 unspecified atom stereocenters. The molecule has 2 heterocycles. The maximum absolute atomic E-state index is 12.6. The Balaban J connectivity index is 1.63. The number of carbonyl (C=O) groups excluding carboxylic acids is 1. The molecular weight excluding hydrogens is 358 g/mol. The van der Waals surface area contributed by atoms with Crippen molar-refractivity contribution in [2.75, 3.05) is 6.61 Å². The third-order valence-corrected chi connectivity index (χ3v) is 5.28. The Labute approximate surface area is 143 Å². The molecule has 2 aliphatic rings. The van der Waals surface area contributed by atoms with Crippen molar-refractivity contribution in [2.45, 2.75) is 23.2 Å². The number of halogens is 1. The van der Waals surface area contributed by atoms with E-state index in [9.17, 15) is 4.79 Å². The topological polar surface area (TPSA) is 38.8 Å². The highest BCUT2D eigenvalue weighted by Crippen LogP contribution is 2.43. The number of alkyl halides is 1. The van der Waals surface area contributed by atoms with Crippen molar-refractivity contribution in [3.05, 3.63) is 71.8 Å². The van der Waals surface area contributed by atoms with Crippen molar-refractivity contribution in [3.8, 4) is 0 Å². The van der Waals surface area contributed by atoms with Gasteiger partial charge in [-0.3, -0.25) is 4.90 Å². The summed E-state index contributed by atoms with van der Waals surface area (Å²) in [5.74, 6) is 0. The number of carbonyl (C=O) groups is 1. The van der Waals surface area contributed by atoms with Gasteiger partial charge in [0.05, 0.1) is 12.6 Å². The highest BCUT2D eigenvalue weighted by atomic mass is 79.9. The molecule has 2 aromatic rings. The molecule has 4 nitrogen and oxygen atoms in total. The van der Waals surface area contributed by atoms with Crippen LogP contribution in [0.15, 0.2) is 60.7 Å². The number of rotatable bonds is 2. The van der Waals surface area contributed by atoms with Gasteiger partial charge in [0.15, 0.2) is 6.23 Å². The summed E-state index contributed by atoms with van der Waals surface area (Å²) in [5.41, 5.74) is 2.03. The zero-order valence-electron chi connectivity index (χ0n) is 12.3. The second-order valence-electron chi connectivity index (χ2n) is 5.72. The molecule has 4 rings (SSSR count). The van der Waals surface area contributed by atoms with E-state index in [4.69, 9.17) is 9.47 Å². The zero-order valence-corrected chi connectivity index (χ0v) is 13.9. The summed E-state index contributed by atoms with van der Waals surface area (Å²) in [6.45, 7) is 0.480. The first-order valence-corrected chi connectivity index (χ1v) is 8.52. The van der Waals surface area contributed by atoms with Crippen molar-refractivity contribution < 1.29 is 14.3 Å². The molecule has 4 atom stereocenters. The van der Waals surface area contributed by atoms with E-state index in [-0.39, 0.29) is 29.3 Å². The standard InChI is InChI=1S/C18H16BrNO3/c19-15-16(13-9-5-2-6-10-13)23-18(21)20-14(11-22-17(15)20)12-7-3-1-4-8-12/h1-10,14-17H,11H2/t14-,15+,16+,17+/m0/s1. The molecule has 1 amide bonds. The van der Waals surface area contributed by atoms with Crippen LogP contribution in [0.5, 0.6) is 0 Å². The van der Waals surface area contributed by atoms with Gasteiger partial charge in [-0.2, -0.15) is 0 Å². The molecule has 2 fully saturated rings. The molecule has 0 radical (unpaired) electrons. The molecule has 0 saturated carbocycles. The molecular formula is C18H16BrNO3. The van der Waals surface area contributed by atoms with Crippen LogP contribution >= 0.6 is 15.9 Å². The predicted molar refractivity (Wildman–Crippen MR) is 89.1 cm³/mol. The smallest absolute Gasteiger partial charge is 0.413 e. The van der Waals surface area contributed by atoms with Crippen LogP contribution in [0.4, 0.5) is 4.79 Å². The fraction of sp³-hybridized carbons (Fsp3) is 0.278. The Morgan fingerprint density at radius 1 is 0.957 bits per heavy atom. The van der Waals surface area contributed by atoms with Crippen molar-refractivity contribution in [1.82, 2.24) is 4.90 Å². The molecule has 2 saturated heterocycles. The van der Waals surface area contributed by atoms with Crippen molar-refractivity contribution in [1.29, 1.82) is 0 Å². The van der Waals surface area contributed by atoms with Crippen molar-refractivity contribution in [2.24, 2.45) is 0 Å². The quantitative estimate of drug-likeness (QED) is 0.745. The van der Waals surface area contributed by atoms with Gasteiger partial charge in [0.2, 0.25) is 0 Å². The van der Waals surface area contributed by atoms with Gasteiger partial charge < -0.3 is 9.47 Å². The van der Waals surface area contributed by atoms with Crippen LogP contribution in [0, 0.1) is 0 Å². The van der Waals surface area contributed by atoms with Gasteiger partial charge >= 0.3 is 6.09 Å². The van der Waals surface area contributed by atoms with E-state index in [0.29, 0.717) is 6.61 Å². The van der Waals surface area contributed by atoms with Gasteiger partial charge in [0, 0.05) is 0 Å². The maximum Gasteiger partial charge on any atom is 0.413 e. The molecule has 0 aromatic heterocycles. The number of nitrogens with zero attached hydrogens (tertiary/aromatic N) is 1. The van der Waals surface area contributed by atoms with Crippen LogP contribution in [0.1, 0.15) is 23.3 Å². The van der Waals surface area contributed by atoms with Crippen LogP contribution in [-0.4, -0.2) is 28.7 Å². The van der Waals surface area contributed by atoms with Crippen LogP contribution in [0.2, 0.25) is 0 Å². The van der Waals surface area contributed by atoms with Crippen LogP contribution in [-0.2, 0) is 9.47 Å². The fourth-order valence-electron chi connectivity index (χ4n) is 3.21. The number of benzene rings is 2. The Morgan fingerprint density at radius 3 is 2.22 bits per heavy atom. The second kappa shape index (κ2) is 5.98. The molecule has 2 aromatic carbocycles. The van der Waals surface area contributed by atoms with Crippen LogP contribution < -0.4 is 0 Å². The van der Waals surface area contributed by atoms with E-state index in [1.54, 1.807) is 4.90 Å². The van der Waals surface area contributed by atoms with Gasteiger partial charge in [0.1, 0.15) is 10.9 Å². The SMILES string of the molecule is O=C1O[C@H](c2ccccc2)[C@@H](Br)[C@H]2OC[C@@H](c3ccccc3)N12. The molecule has 0 N–H and O–H groups in total. The number of amides is 1. The highest BCUT2D eigenvalue weighted by Gasteiger charge is 2.50. The van der Waals surface area contributed by atoms with Gasteiger partial charge in [-0.15, -0.1) is 0 Å². The third-order valence-electron chi connectivity index (χ3n) is 4.35. The summed E-state index contributed by atoms with van der Waals surface area (Å²) in [6, 6.07) is 19.6. The summed E-state index contributed by atoms with van der Waals surface area (Å²) in [7, 11) is 0. The molecule has 0 spiro atoms. The van der Waals surface area contributed by atoms with Gasteiger partial charge in [0.25, 0.3) is 0 Å². The molecule has 2 aliphatic heterocycles.